The molecule has 2 aromatic rings. The zero-order valence-corrected chi connectivity index (χ0v) is 14.7. The van der Waals surface area contributed by atoms with E-state index in [-0.39, 0.29) is 18.6 Å². The highest BCUT2D eigenvalue weighted by Crippen LogP contribution is 2.37. The van der Waals surface area contributed by atoms with Gasteiger partial charge in [-0.2, -0.15) is 0 Å². The number of hydrogen-bond donors (Lipinski definition) is 0. The van der Waals surface area contributed by atoms with Gasteiger partial charge in [-0.25, -0.2) is 0 Å². The second-order valence-corrected chi connectivity index (χ2v) is 7.01. The Morgan fingerprint density at radius 3 is 2.88 bits per heavy atom. The van der Waals surface area contributed by atoms with Crippen LogP contribution in [-0.2, 0) is 0 Å². The van der Waals surface area contributed by atoms with E-state index >= 15 is 0 Å². The predicted molar refractivity (Wildman–Crippen MR) is 91.2 cm³/mol. The molecule has 3 heterocycles. The van der Waals surface area contributed by atoms with Crippen LogP contribution in [0.25, 0.3) is 0 Å². The number of carbonyl (C=O) groups excluding carboxylic acids is 1. The first-order valence-electron chi connectivity index (χ1n) is 8.69. The van der Waals surface area contributed by atoms with E-state index in [2.05, 4.69) is 11.2 Å². The van der Waals surface area contributed by atoms with Gasteiger partial charge in [0.2, 0.25) is 6.79 Å². The molecule has 6 nitrogen and oxygen atoms in total. The summed E-state index contributed by atoms with van der Waals surface area (Å²) in [6.07, 6.45) is 0.937. The number of likely N-dealkylation sites (tertiary alicyclic amines) is 1. The third kappa shape index (κ3) is 2.75. The molecule has 1 aromatic heterocycles. The first-order chi connectivity index (χ1) is 12.0. The number of carbonyl (C=O) groups is 1. The molecule has 25 heavy (non-hydrogen) atoms. The van der Waals surface area contributed by atoms with Crippen LogP contribution in [0.5, 0.6) is 11.5 Å². The topological polar surface area (TPSA) is 64.8 Å². The first-order valence-corrected chi connectivity index (χ1v) is 8.69. The van der Waals surface area contributed by atoms with Gasteiger partial charge < -0.3 is 18.9 Å². The number of rotatable bonds is 3. The van der Waals surface area contributed by atoms with E-state index in [1.807, 2.05) is 37.8 Å². The summed E-state index contributed by atoms with van der Waals surface area (Å²) in [6.45, 7) is 7.56. The lowest BCUT2D eigenvalue weighted by Crippen LogP contribution is -2.29. The van der Waals surface area contributed by atoms with Crippen LogP contribution in [0.15, 0.2) is 22.7 Å². The standard InChI is InChI=1S/C19H22N2O4/c1-11(2)18-17(12(3)20-25-18)19(22)21-7-6-14(9-21)13-4-5-15-16(8-13)24-10-23-15/h4-5,8,11,14H,6-7,9-10H2,1-3H3. The zero-order valence-electron chi connectivity index (χ0n) is 14.7. The molecule has 1 atom stereocenters. The zero-order chi connectivity index (χ0) is 17.6. The summed E-state index contributed by atoms with van der Waals surface area (Å²) < 4.78 is 16.2. The number of nitrogens with zero attached hydrogens (tertiary/aromatic N) is 2. The lowest BCUT2D eigenvalue weighted by molar-refractivity contribution is 0.0787. The van der Waals surface area contributed by atoms with Gasteiger partial charge in [-0.05, 0) is 31.0 Å². The number of hydrogen-bond acceptors (Lipinski definition) is 5. The van der Waals surface area contributed by atoms with Crippen molar-refractivity contribution in [2.45, 2.75) is 39.0 Å². The molecular formula is C19H22N2O4. The SMILES string of the molecule is Cc1noc(C(C)C)c1C(=O)N1CCC(c2ccc3c(c2)OCO3)C1. The second-order valence-electron chi connectivity index (χ2n) is 7.01. The van der Waals surface area contributed by atoms with Crippen molar-refractivity contribution in [3.05, 3.63) is 40.8 Å². The summed E-state index contributed by atoms with van der Waals surface area (Å²) in [5.74, 6) is 2.71. The lowest BCUT2D eigenvalue weighted by atomic mass is 9.98. The highest BCUT2D eigenvalue weighted by molar-refractivity contribution is 5.96. The molecule has 2 aliphatic heterocycles. The average molecular weight is 342 g/mol. The minimum atomic E-state index is 0.0192. The van der Waals surface area contributed by atoms with E-state index in [1.165, 1.54) is 5.56 Å². The van der Waals surface area contributed by atoms with Crippen LogP contribution < -0.4 is 9.47 Å². The molecule has 0 bridgehead atoms. The van der Waals surface area contributed by atoms with E-state index in [9.17, 15) is 4.79 Å². The Morgan fingerprint density at radius 2 is 2.08 bits per heavy atom. The smallest absolute Gasteiger partial charge is 0.259 e. The molecule has 6 heteroatoms. The molecule has 0 N–H and O–H groups in total. The molecule has 1 saturated heterocycles. The number of amides is 1. The van der Waals surface area contributed by atoms with Crippen molar-refractivity contribution in [1.29, 1.82) is 0 Å². The van der Waals surface area contributed by atoms with E-state index < -0.39 is 0 Å². The largest absolute Gasteiger partial charge is 0.454 e. The molecule has 0 aliphatic carbocycles. The maximum atomic E-state index is 13.0. The van der Waals surface area contributed by atoms with Gasteiger partial charge in [0.15, 0.2) is 17.3 Å². The number of ether oxygens (including phenoxy) is 2. The average Bonchev–Trinajstić information content (AvgIpc) is 3.32. The van der Waals surface area contributed by atoms with E-state index in [0.29, 0.717) is 29.5 Å². The van der Waals surface area contributed by atoms with Gasteiger partial charge in [-0.1, -0.05) is 25.1 Å². The maximum Gasteiger partial charge on any atom is 0.259 e. The first kappa shape index (κ1) is 16.0. The molecule has 0 spiro atoms. The van der Waals surface area contributed by atoms with Crippen LogP contribution >= 0.6 is 0 Å². The monoisotopic (exact) mass is 342 g/mol. The van der Waals surface area contributed by atoms with E-state index in [1.54, 1.807) is 0 Å². The van der Waals surface area contributed by atoms with Crippen molar-refractivity contribution in [3.63, 3.8) is 0 Å². The lowest BCUT2D eigenvalue weighted by Gasteiger charge is -2.17. The van der Waals surface area contributed by atoms with Crippen molar-refractivity contribution in [2.75, 3.05) is 19.9 Å². The minimum absolute atomic E-state index is 0.0192. The second kappa shape index (κ2) is 6.10. The number of aromatic nitrogens is 1. The fraction of sp³-hybridized carbons (Fsp3) is 0.474. The van der Waals surface area contributed by atoms with Gasteiger partial charge >= 0.3 is 0 Å². The highest BCUT2D eigenvalue weighted by Gasteiger charge is 2.33. The molecule has 1 fully saturated rings. The summed E-state index contributed by atoms with van der Waals surface area (Å²) in [5.41, 5.74) is 2.48. The Bertz CT molecular complexity index is 812. The quantitative estimate of drug-likeness (QED) is 0.854. The summed E-state index contributed by atoms with van der Waals surface area (Å²) in [4.78, 5) is 14.9. The predicted octanol–water partition coefficient (Wildman–Crippen LogP) is 3.46. The van der Waals surface area contributed by atoms with Crippen LogP contribution in [0.3, 0.4) is 0 Å². The normalized spacial score (nSPS) is 19.0. The van der Waals surface area contributed by atoms with Crippen LogP contribution in [0, 0.1) is 6.92 Å². The fourth-order valence-electron chi connectivity index (χ4n) is 3.58. The van der Waals surface area contributed by atoms with Gasteiger partial charge in [0.05, 0.1) is 5.69 Å². The van der Waals surface area contributed by atoms with Crippen molar-refractivity contribution < 1.29 is 18.8 Å². The maximum absolute atomic E-state index is 13.0. The molecule has 0 radical (unpaired) electrons. The van der Waals surface area contributed by atoms with Crippen molar-refractivity contribution in [1.82, 2.24) is 10.1 Å². The third-order valence-corrected chi connectivity index (χ3v) is 4.97. The van der Waals surface area contributed by atoms with Gasteiger partial charge in [-0.3, -0.25) is 4.79 Å². The van der Waals surface area contributed by atoms with Gasteiger partial charge in [0, 0.05) is 24.9 Å². The number of aryl methyl sites for hydroxylation is 1. The Morgan fingerprint density at radius 1 is 1.28 bits per heavy atom. The molecule has 4 rings (SSSR count). The van der Waals surface area contributed by atoms with Crippen LogP contribution in [-0.4, -0.2) is 35.8 Å². The molecule has 2 aliphatic rings. The van der Waals surface area contributed by atoms with Crippen molar-refractivity contribution in [3.8, 4) is 11.5 Å². The molecule has 1 unspecified atom stereocenters. The van der Waals surface area contributed by atoms with Crippen LogP contribution in [0.1, 0.15) is 59.5 Å². The highest BCUT2D eigenvalue weighted by atomic mass is 16.7. The molecule has 1 amide bonds. The summed E-state index contributed by atoms with van der Waals surface area (Å²) in [5, 5.41) is 3.99. The summed E-state index contributed by atoms with van der Waals surface area (Å²) in [6, 6.07) is 6.05. The fourth-order valence-corrected chi connectivity index (χ4v) is 3.58. The molecule has 132 valence electrons. The molecular weight excluding hydrogens is 320 g/mol. The number of fused-ring (bicyclic) bond motifs is 1. The van der Waals surface area contributed by atoms with Gasteiger partial charge in [-0.15, -0.1) is 0 Å². The van der Waals surface area contributed by atoms with Crippen molar-refractivity contribution >= 4 is 5.91 Å². The Balaban J connectivity index is 1.53. The number of benzene rings is 1. The summed E-state index contributed by atoms with van der Waals surface area (Å²) >= 11 is 0. The third-order valence-electron chi connectivity index (χ3n) is 4.97. The van der Waals surface area contributed by atoms with Crippen molar-refractivity contribution in [2.24, 2.45) is 0 Å². The van der Waals surface area contributed by atoms with Crippen LogP contribution in [0.2, 0.25) is 0 Å². The molecule has 0 saturated carbocycles. The summed E-state index contributed by atoms with van der Waals surface area (Å²) in [7, 11) is 0. The Labute approximate surface area is 146 Å². The van der Waals surface area contributed by atoms with Gasteiger partial charge in [0.25, 0.3) is 5.91 Å². The minimum Gasteiger partial charge on any atom is -0.454 e. The van der Waals surface area contributed by atoms with Crippen LogP contribution in [0.4, 0.5) is 0 Å². The van der Waals surface area contributed by atoms with E-state index in [0.717, 1.165) is 24.5 Å². The van der Waals surface area contributed by atoms with Gasteiger partial charge in [0.1, 0.15) is 5.56 Å². The Kier molecular flexibility index (Phi) is 3.90. The molecule has 1 aromatic carbocycles. The van der Waals surface area contributed by atoms with E-state index in [4.69, 9.17) is 14.0 Å². The Hall–Kier alpha value is -2.50.